The van der Waals surface area contributed by atoms with Crippen molar-refractivity contribution in [2.24, 2.45) is 0 Å². The maximum atomic E-state index is 3.00. The van der Waals surface area contributed by atoms with Crippen LogP contribution in [-0.4, -0.2) is 0 Å². The largest absolute Gasteiger partial charge is 0.344 e. The number of rotatable bonds is 12. The molecular weight excluding hydrogens is 304 g/mol. The maximum absolute atomic E-state index is 3.00. The van der Waals surface area contributed by atoms with Gasteiger partial charge in [0, 0.05) is 0 Å². The second-order valence-electron chi connectivity index (χ2n) is 6.18. The molecular formula is C23H58N2. The highest BCUT2D eigenvalue weighted by Crippen LogP contribution is 2.01. The first-order chi connectivity index (χ1) is 11.2. The highest BCUT2D eigenvalue weighted by molar-refractivity contribution is 4.37. The minimum Gasteiger partial charge on any atom is -0.344 e. The van der Waals surface area contributed by atoms with E-state index >= 15 is 0 Å². The van der Waals surface area contributed by atoms with Gasteiger partial charge in [-0.2, -0.15) is 0 Å². The van der Waals surface area contributed by atoms with E-state index in [1.165, 1.54) is 96.3 Å². The fourth-order valence-electron chi connectivity index (χ4n) is 2.03. The molecule has 25 heavy (non-hydrogen) atoms. The third kappa shape index (κ3) is 81.6. The van der Waals surface area contributed by atoms with Crippen molar-refractivity contribution in [1.29, 1.82) is 0 Å². The Labute approximate surface area is 163 Å². The van der Waals surface area contributed by atoms with E-state index in [1.807, 2.05) is 0 Å². The van der Waals surface area contributed by atoms with Crippen LogP contribution in [0.2, 0.25) is 0 Å². The predicted octanol–water partition coefficient (Wildman–Crippen LogP) is 10.1. The van der Waals surface area contributed by atoms with Crippen LogP contribution < -0.4 is 12.3 Å². The van der Waals surface area contributed by atoms with E-state index in [0.29, 0.717) is 0 Å². The molecule has 0 aromatic heterocycles. The molecule has 0 aliphatic carbocycles. The Balaban J connectivity index is -0.0000000496. The van der Waals surface area contributed by atoms with Crippen molar-refractivity contribution in [3.8, 4) is 0 Å². The molecule has 2 nitrogen and oxygen atoms in total. The van der Waals surface area contributed by atoms with Gasteiger partial charge < -0.3 is 12.3 Å². The van der Waals surface area contributed by atoms with E-state index in [-0.39, 0.29) is 12.3 Å². The Morgan fingerprint density at radius 1 is 0.320 bits per heavy atom. The predicted molar refractivity (Wildman–Crippen MR) is 125 cm³/mol. The first-order valence-electron chi connectivity index (χ1n) is 10.7. The molecule has 0 aliphatic heterocycles. The summed E-state index contributed by atoms with van der Waals surface area (Å²) in [5.74, 6) is 0. The molecule has 6 N–H and O–H groups in total. The van der Waals surface area contributed by atoms with E-state index in [2.05, 4.69) is 54.7 Å². The first-order valence-corrected chi connectivity index (χ1v) is 10.7. The minimum absolute atomic E-state index is 0. The van der Waals surface area contributed by atoms with Gasteiger partial charge in [-0.05, 0) is 0 Å². The summed E-state index contributed by atoms with van der Waals surface area (Å²) in [4.78, 5) is 0. The van der Waals surface area contributed by atoms with Crippen molar-refractivity contribution in [3.63, 3.8) is 0 Å². The summed E-state index contributed by atoms with van der Waals surface area (Å²) in [5, 5.41) is 0. The van der Waals surface area contributed by atoms with Crippen LogP contribution in [0, 0.1) is 0 Å². The molecule has 0 rings (SSSR count). The minimum atomic E-state index is 0. The Hall–Kier alpha value is -0.340. The van der Waals surface area contributed by atoms with Crippen molar-refractivity contribution in [3.05, 3.63) is 13.2 Å². The molecule has 0 saturated heterocycles. The molecule has 0 unspecified atom stereocenters. The molecule has 2 heteroatoms. The Bertz CT molecular complexity index is 102. The fourth-order valence-corrected chi connectivity index (χ4v) is 2.03. The summed E-state index contributed by atoms with van der Waals surface area (Å²) in [7, 11) is 0. The Morgan fingerprint density at radius 3 is 0.520 bits per heavy atom. The van der Waals surface area contributed by atoms with Crippen LogP contribution in [0.3, 0.4) is 0 Å². The van der Waals surface area contributed by atoms with Gasteiger partial charge in [0.1, 0.15) is 0 Å². The van der Waals surface area contributed by atoms with Gasteiger partial charge in [-0.15, -0.1) is 13.2 Å². The summed E-state index contributed by atoms with van der Waals surface area (Å²) < 4.78 is 0. The fraction of sp³-hybridized carbons (Fsp3) is 0.913. The number of hydrogen-bond donors (Lipinski definition) is 2. The molecule has 0 aromatic carbocycles. The van der Waals surface area contributed by atoms with E-state index in [9.17, 15) is 0 Å². The van der Waals surface area contributed by atoms with Gasteiger partial charge in [0.25, 0.3) is 0 Å². The van der Waals surface area contributed by atoms with E-state index < -0.39 is 0 Å². The molecule has 0 atom stereocenters. The monoisotopic (exact) mass is 362 g/mol. The van der Waals surface area contributed by atoms with E-state index in [0.717, 1.165) is 0 Å². The van der Waals surface area contributed by atoms with Crippen molar-refractivity contribution in [2.75, 3.05) is 0 Å². The van der Waals surface area contributed by atoms with Crippen LogP contribution in [0.1, 0.15) is 138 Å². The van der Waals surface area contributed by atoms with Crippen molar-refractivity contribution in [1.82, 2.24) is 12.3 Å². The lowest BCUT2D eigenvalue weighted by molar-refractivity contribution is 0.656. The van der Waals surface area contributed by atoms with Crippen molar-refractivity contribution < 1.29 is 0 Å². The standard InChI is InChI=1S/3C7H16.C2H4.2H3N/c3*1-3-5-7-6-4-2;1-2;;/h3*3-7H2,1-2H3;1-2H2;2*1H3. The van der Waals surface area contributed by atoms with Crippen LogP contribution >= 0.6 is 0 Å². The second-order valence-corrected chi connectivity index (χ2v) is 6.18. The lowest BCUT2D eigenvalue weighted by Gasteiger charge is -1.90. The number of unbranched alkanes of at least 4 members (excludes halogenated alkanes) is 12. The average molecular weight is 363 g/mol. The van der Waals surface area contributed by atoms with E-state index in [1.54, 1.807) is 0 Å². The molecule has 0 radical (unpaired) electrons. The van der Waals surface area contributed by atoms with Gasteiger partial charge in [-0.25, -0.2) is 0 Å². The van der Waals surface area contributed by atoms with Crippen molar-refractivity contribution in [2.45, 2.75) is 138 Å². The zero-order chi connectivity index (χ0) is 18.6. The van der Waals surface area contributed by atoms with Gasteiger partial charge in [-0.3, -0.25) is 0 Å². The van der Waals surface area contributed by atoms with Crippen LogP contribution in [-0.2, 0) is 0 Å². The van der Waals surface area contributed by atoms with Gasteiger partial charge in [0.2, 0.25) is 0 Å². The van der Waals surface area contributed by atoms with Gasteiger partial charge in [-0.1, -0.05) is 138 Å². The average Bonchev–Trinajstić information content (AvgIpc) is 2.59. The van der Waals surface area contributed by atoms with Crippen LogP contribution in [0.4, 0.5) is 0 Å². The normalized spacial score (nSPS) is 8.08. The summed E-state index contributed by atoms with van der Waals surface area (Å²) in [5.41, 5.74) is 0. The third-order valence-corrected chi connectivity index (χ3v) is 3.62. The van der Waals surface area contributed by atoms with Crippen LogP contribution in [0.25, 0.3) is 0 Å². The number of hydrogen-bond acceptors (Lipinski definition) is 2. The lowest BCUT2D eigenvalue weighted by Crippen LogP contribution is -1.70. The highest BCUT2D eigenvalue weighted by Gasteiger charge is 1.81. The molecule has 0 spiro atoms. The first kappa shape index (κ1) is 39.6. The van der Waals surface area contributed by atoms with Crippen LogP contribution in [0.15, 0.2) is 13.2 Å². The lowest BCUT2D eigenvalue weighted by atomic mass is 10.2. The Kier molecular flexibility index (Phi) is 89.6. The summed E-state index contributed by atoms with van der Waals surface area (Å²) >= 11 is 0. The summed E-state index contributed by atoms with van der Waals surface area (Å²) in [6, 6.07) is 0. The van der Waals surface area contributed by atoms with Gasteiger partial charge in [0.05, 0.1) is 0 Å². The molecule has 0 heterocycles. The topological polar surface area (TPSA) is 70.0 Å². The molecule has 160 valence electrons. The van der Waals surface area contributed by atoms with Gasteiger partial charge in [0.15, 0.2) is 0 Å². The Morgan fingerprint density at radius 2 is 0.440 bits per heavy atom. The summed E-state index contributed by atoms with van der Waals surface area (Å²) in [6.07, 6.45) is 21.0. The SMILES string of the molecule is C=C.CCCCCCC.CCCCCCC.CCCCCCC.N.N. The molecule has 0 amide bonds. The van der Waals surface area contributed by atoms with Gasteiger partial charge >= 0.3 is 0 Å². The molecule has 0 bridgehead atoms. The zero-order valence-corrected chi connectivity index (χ0v) is 19.4. The maximum Gasteiger partial charge on any atom is -0.0533 e. The molecule has 0 aromatic rings. The smallest absolute Gasteiger partial charge is 0.0533 e. The molecule has 0 aliphatic rings. The highest BCUT2D eigenvalue weighted by atomic mass is 14.0. The zero-order valence-electron chi connectivity index (χ0n) is 19.4. The van der Waals surface area contributed by atoms with E-state index in [4.69, 9.17) is 0 Å². The van der Waals surface area contributed by atoms with Crippen LogP contribution in [0.5, 0.6) is 0 Å². The second kappa shape index (κ2) is 56.5. The molecule has 0 saturated carbocycles. The molecule has 0 fully saturated rings. The third-order valence-electron chi connectivity index (χ3n) is 3.62. The van der Waals surface area contributed by atoms with Crippen molar-refractivity contribution >= 4 is 0 Å². The quantitative estimate of drug-likeness (QED) is 0.268. The summed E-state index contributed by atoms with van der Waals surface area (Å²) in [6.45, 7) is 19.5.